The van der Waals surface area contributed by atoms with E-state index in [1.165, 1.54) is 0 Å². The molecule has 2 atom stereocenters. The van der Waals surface area contributed by atoms with Gasteiger partial charge in [0.25, 0.3) is 0 Å². The Morgan fingerprint density at radius 2 is 0.939 bits per heavy atom. The molecular formula is C56H51N3O7. The first kappa shape index (κ1) is 46.2. The summed E-state index contributed by atoms with van der Waals surface area (Å²) in [6, 6.07) is 52.4. The van der Waals surface area contributed by atoms with Gasteiger partial charge < -0.3 is 25.7 Å². The van der Waals surface area contributed by atoms with Crippen molar-refractivity contribution >= 4 is 44.7 Å². The van der Waals surface area contributed by atoms with E-state index in [0.717, 1.165) is 43.8 Å². The predicted molar refractivity (Wildman–Crippen MR) is 259 cm³/mol. The van der Waals surface area contributed by atoms with Gasteiger partial charge in [0, 0.05) is 54.8 Å². The van der Waals surface area contributed by atoms with Crippen LogP contribution in [0.1, 0.15) is 54.8 Å². The highest BCUT2D eigenvalue weighted by molar-refractivity contribution is 5.98. The van der Waals surface area contributed by atoms with E-state index < -0.39 is 5.92 Å². The average Bonchev–Trinajstić information content (AvgIpc) is 3.36. The van der Waals surface area contributed by atoms with E-state index in [-0.39, 0.29) is 55.4 Å². The van der Waals surface area contributed by atoms with E-state index in [9.17, 15) is 19.2 Å². The summed E-state index contributed by atoms with van der Waals surface area (Å²) in [6.45, 7) is 0.332. The van der Waals surface area contributed by atoms with Crippen molar-refractivity contribution in [3.63, 3.8) is 0 Å². The lowest BCUT2D eigenvalue weighted by Gasteiger charge is -2.15. The molecule has 10 heteroatoms. The second kappa shape index (κ2) is 22.7. The molecule has 0 aliphatic heterocycles. The maximum absolute atomic E-state index is 13.0. The second-order valence-corrected chi connectivity index (χ2v) is 15.8. The van der Waals surface area contributed by atoms with Gasteiger partial charge in [-0.3, -0.25) is 24.2 Å². The number of nitrogens with two attached hydrogens (primary N) is 2. The van der Waals surface area contributed by atoms with Gasteiger partial charge in [-0.25, -0.2) is 0 Å². The number of ether oxygens (including phenoxy) is 3. The van der Waals surface area contributed by atoms with Gasteiger partial charge in [-0.2, -0.15) is 0 Å². The molecule has 4 N–H and O–H groups in total. The SMILES string of the molecule is COc1ccc(C(=O)COc2ccc(C(CN)C(=O)Cc3ccc4cnccc4c3)cc2)cc1.NCC(C(=O)Cc1ccc2ccccc2c1)c1ccc(OCC(=O)c2ccccc2)cc1. The third-order valence-corrected chi connectivity index (χ3v) is 11.3. The molecule has 1 heterocycles. The zero-order valence-corrected chi connectivity index (χ0v) is 36.7. The van der Waals surface area contributed by atoms with E-state index in [1.807, 2.05) is 97.1 Å². The number of carbonyl (C=O) groups is 4. The normalized spacial score (nSPS) is 11.7. The van der Waals surface area contributed by atoms with E-state index in [0.29, 0.717) is 41.2 Å². The average molecular weight is 878 g/mol. The molecule has 0 radical (unpaired) electrons. The standard InChI is InChI=1S/C28H26N2O4.C28H25NO3/c1-33-24-8-6-21(7-9-24)28(32)18-34-25-10-4-20(5-11-25)26(16-29)27(31)15-19-2-3-23-17-30-13-12-22(23)14-19;29-18-26(27(30)17-20-10-11-21-6-4-5-9-24(21)16-20)22-12-14-25(15-13-22)32-19-28(31)23-7-2-1-3-8-23/h2-14,17,26H,15-16,18,29H2,1H3;1-16,26H,17-19,29H2. The van der Waals surface area contributed by atoms with Crippen LogP contribution in [0, 0.1) is 0 Å². The van der Waals surface area contributed by atoms with Gasteiger partial charge in [0.2, 0.25) is 0 Å². The monoisotopic (exact) mass is 877 g/mol. The van der Waals surface area contributed by atoms with Crippen LogP contribution in [0.2, 0.25) is 0 Å². The summed E-state index contributed by atoms with van der Waals surface area (Å²) >= 11 is 0. The fourth-order valence-electron chi connectivity index (χ4n) is 7.61. The number of rotatable bonds is 19. The maximum atomic E-state index is 13.0. The van der Waals surface area contributed by atoms with Crippen molar-refractivity contribution in [1.82, 2.24) is 4.98 Å². The first-order valence-corrected chi connectivity index (χ1v) is 21.7. The highest BCUT2D eigenvalue weighted by Gasteiger charge is 2.21. The molecule has 0 fully saturated rings. The first-order valence-electron chi connectivity index (χ1n) is 21.7. The lowest BCUT2D eigenvalue weighted by atomic mass is 9.90. The zero-order chi connectivity index (χ0) is 46.3. The van der Waals surface area contributed by atoms with Gasteiger partial charge in [0.15, 0.2) is 24.8 Å². The number of Topliss-reactive ketones (excluding diaryl/α,β-unsaturated/α-hetero) is 4. The molecule has 10 nitrogen and oxygen atoms in total. The van der Waals surface area contributed by atoms with Gasteiger partial charge in [-0.05, 0) is 93.0 Å². The number of methoxy groups -OCH3 is 1. The summed E-state index contributed by atoms with van der Waals surface area (Å²) < 4.78 is 16.4. The number of benzene rings is 7. The van der Waals surface area contributed by atoms with E-state index >= 15 is 0 Å². The van der Waals surface area contributed by atoms with Crippen molar-refractivity contribution in [3.05, 3.63) is 216 Å². The Morgan fingerprint density at radius 1 is 0.485 bits per heavy atom. The van der Waals surface area contributed by atoms with E-state index in [1.54, 1.807) is 80.2 Å². The van der Waals surface area contributed by atoms with Crippen molar-refractivity contribution in [2.24, 2.45) is 11.5 Å². The van der Waals surface area contributed by atoms with Crippen LogP contribution in [0.3, 0.4) is 0 Å². The number of fused-ring (bicyclic) bond motifs is 2. The molecule has 0 bridgehead atoms. The van der Waals surface area contributed by atoms with Gasteiger partial charge in [0.05, 0.1) is 18.9 Å². The smallest absolute Gasteiger partial charge is 0.200 e. The molecule has 0 saturated carbocycles. The van der Waals surface area contributed by atoms with Crippen molar-refractivity contribution in [3.8, 4) is 17.2 Å². The van der Waals surface area contributed by atoms with Crippen molar-refractivity contribution in [1.29, 1.82) is 0 Å². The summed E-state index contributed by atoms with van der Waals surface area (Å²) in [7, 11) is 1.58. The quantitative estimate of drug-likeness (QED) is 0.0750. The van der Waals surface area contributed by atoms with Crippen molar-refractivity contribution in [2.75, 3.05) is 33.4 Å². The van der Waals surface area contributed by atoms with Gasteiger partial charge in [-0.15, -0.1) is 0 Å². The van der Waals surface area contributed by atoms with Crippen LogP contribution in [0.25, 0.3) is 21.5 Å². The Kier molecular flexibility index (Phi) is 15.9. The first-order chi connectivity index (χ1) is 32.2. The topological polar surface area (TPSA) is 161 Å². The fraction of sp³-hybridized carbons (Fsp3) is 0.161. The number of hydrogen-bond donors (Lipinski definition) is 2. The highest BCUT2D eigenvalue weighted by Crippen LogP contribution is 2.25. The summed E-state index contributed by atoms with van der Waals surface area (Å²) in [5.74, 6) is 0.940. The Morgan fingerprint density at radius 3 is 1.45 bits per heavy atom. The van der Waals surface area contributed by atoms with Crippen LogP contribution in [0.5, 0.6) is 17.2 Å². The Balaban J connectivity index is 0.000000197. The third kappa shape index (κ3) is 12.3. The van der Waals surface area contributed by atoms with Crippen LogP contribution >= 0.6 is 0 Å². The predicted octanol–water partition coefficient (Wildman–Crippen LogP) is 9.31. The number of hydrogen-bond acceptors (Lipinski definition) is 10. The number of ketones is 4. The van der Waals surface area contributed by atoms with E-state index in [2.05, 4.69) is 17.1 Å². The largest absolute Gasteiger partial charge is 0.497 e. The molecule has 332 valence electrons. The molecule has 0 amide bonds. The van der Waals surface area contributed by atoms with Crippen LogP contribution in [-0.4, -0.2) is 61.5 Å². The summed E-state index contributed by atoms with van der Waals surface area (Å²) in [5, 5.41) is 4.36. The molecule has 2 unspecified atom stereocenters. The third-order valence-electron chi connectivity index (χ3n) is 11.3. The number of aromatic nitrogens is 1. The van der Waals surface area contributed by atoms with Gasteiger partial charge in [0.1, 0.15) is 28.8 Å². The van der Waals surface area contributed by atoms with Crippen molar-refractivity contribution in [2.45, 2.75) is 24.7 Å². The number of carbonyl (C=O) groups excluding carboxylic acids is 4. The Labute approximate surface area is 384 Å². The lowest BCUT2D eigenvalue weighted by molar-refractivity contribution is -0.120. The van der Waals surface area contributed by atoms with E-state index in [4.69, 9.17) is 25.7 Å². The minimum Gasteiger partial charge on any atom is -0.497 e. The minimum atomic E-state index is -0.414. The number of nitrogens with zero attached hydrogens (tertiary/aromatic N) is 1. The Bertz CT molecular complexity index is 2900. The van der Waals surface area contributed by atoms with Gasteiger partial charge >= 0.3 is 0 Å². The summed E-state index contributed by atoms with van der Waals surface area (Å²) in [4.78, 5) is 54.7. The van der Waals surface area contributed by atoms with Crippen LogP contribution in [0.4, 0.5) is 0 Å². The molecule has 8 aromatic rings. The highest BCUT2D eigenvalue weighted by atomic mass is 16.5. The van der Waals surface area contributed by atoms with Crippen LogP contribution < -0.4 is 25.7 Å². The molecule has 0 saturated heterocycles. The molecule has 0 aliphatic rings. The number of pyridine rings is 1. The molecule has 8 rings (SSSR count). The molecule has 0 spiro atoms. The lowest BCUT2D eigenvalue weighted by Crippen LogP contribution is -2.23. The minimum absolute atomic E-state index is 0.0371. The molecule has 7 aromatic carbocycles. The van der Waals surface area contributed by atoms with Crippen molar-refractivity contribution < 1.29 is 33.4 Å². The van der Waals surface area contributed by atoms with Crippen LogP contribution in [-0.2, 0) is 22.4 Å². The molecule has 1 aromatic heterocycles. The summed E-state index contributed by atoms with van der Waals surface area (Å²) in [6.07, 6.45) is 4.17. The zero-order valence-electron chi connectivity index (χ0n) is 36.7. The molecule has 66 heavy (non-hydrogen) atoms. The second-order valence-electron chi connectivity index (χ2n) is 15.8. The Hall–Kier alpha value is -7.79. The fourth-order valence-corrected chi connectivity index (χ4v) is 7.61. The van der Waals surface area contributed by atoms with Gasteiger partial charge in [-0.1, -0.05) is 115 Å². The maximum Gasteiger partial charge on any atom is 0.200 e. The molecular weight excluding hydrogens is 827 g/mol. The van der Waals surface area contributed by atoms with Crippen LogP contribution in [0.15, 0.2) is 182 Å². The summed E-state index contributed by atoms with van der Waals surface area (Å²) in [5.41, 5.74) is 16.7. The molecule has 0 aliphatic carbocycles.